The van der Waals surface area contributed by atoms with Crippen molar-refractivity contribution in [3.8, 4) is 0 Å². The van der Waals surface area contributed by atoms with Crippen LogP contribution in [0.2, 0.25) is 0 Å². The van der Waals surface area contributed by atoms with E-state index in [0.29, 0.717) is 5.56 Å². The van der Waals surface area contributed by atoms with Crippen molar-refractivity contribution in [1.82, 2.24) is 0 Å². The van der Waals surface area contributed by atoms with Crippen molar-refractivity contribution in [3.63, 3.8) is 0 Å². The monoisotopic (exact) mass is 167 g/mol. The van der Waals surface area contributed by atoms with Crippen molar-refractivity contribution in [2.45, 2.75) is 6.92 Å². The zero-order valence-corrected chi connectivity index (χ0v) is 7.04. The van der Waals surface area contributed by atoms with Crippen LogP contribution >= 0.6 is 0 Å². The minimum atomic E-state index is -0.290. The number of halogens is 1. The summed E-state index contributed by atoms with van der Waals surface area (Å²) in [5.41, 5.74) is 1.44. The Kier molecular flexibility index (Phi) is 2.80. The Hall–Kier alpha value is -1.38. The fourth-order valence-electron chi connectivity index (χ4n) is 0.872. The van der Waals surface area contributed by atoms with E-state index >= 15 is 0 Å². The van der Waals surface area contributed by atoms with Gasteiger partial charge < -0.3 is 4.84 Å². The van der Waals surface area contributed by atoms with Gasteiger partial charge in [0.15, 0.2) is 0 Å². The third-order valence-corrected chi connectivity index (χ3v) is 1.45. The summed E-state index contributed by atoms with van der Waals surface area (Å²) >= 11 is 0. The second-order valence-corrected chi connectivity index (χ2v) is 2.44. The predicted octanol–water partition coefficient (Wildman–Crippen LogP) is 2.11. The molecular weight excluding hydrogens is 157 g/mol. The smallest absolute Gasteiger partial charge is 0.132 e. The first-order chi connectivity index (χ1) is 5.74. The van der Waals surface area contributed by atoms with Gasteiger partial charge in [-0.25, -0.2) is 4.39 Å². The van der Waals surface area contributed by atoms with Gasteiger partial charge in [0.05, 0.1) is 6.21 Å². The molecule has 0 saturated heterocycles. The highest BCUT2D eigenvalue weighted by molar-refractivity contribution is 5.79. The molecule has 12 heavy (non-hydrogen) atoms. The minimum absolute atomic E-state index is 0.290. The van der Waals surface area contributed by atoms with E-state index < -0.39 is 0 Å². The number of nitrogens with zero attached hydrogens (tertiary/aromatic N) is 1. The summed E-state index contributed by atoms with van der Waals surface area (Å²) in [6, 6.07) is 4.82. The Morgan fingerprint density at radius 1 is 1.50 bits per heavy atom. The highest BCUT2D eigenvalue weighted by Crippen LogP contribution is 2.07. The van der Waals surface area contributed by atoms with E-state index in [1.54, 1.807) is 12.1 Å². The molecule has 0 amide bonds. The van der Waals surface area contributed by atoms with E-state index in [4.69, 9.17) is 0 Å². The van der Waals surface area contributed by atoms with Crippen LogP contribution in [0.5, 0.6) is 0 Å². The molecular formula is C9H10FNO. The van der Waals surface area contributed by atoms with Crippen molar-refractivity contribution in [2.24, 2.45) is 5.16 Å². The van der Waals surface area contributed by atoms with Gasteiger partial charge in [0.1, 0.15) is 12.9 Å². The largest absolute Gasteiger partial charge is 0.399 e. The maximum atomic E-state index is 12.9. The molecule has 0 bridgehead atoms. The molecule has 2 nitrogen and oxygen atoms in total. The van der Waals surface area contributed by atoms with Crippen molar-refractivity contribution < 1.29 is 9.23 Å². The second-order valence-electron chi connectivity index (χ2n) is 2.44. The Bertz CT molecular complexity index is 297. The van der Waals surface area contributed by atoms with E-state index in [-0.39, 0.29) is 5.82 Å². The zero-order valence-electron chi connectivity index (χ0n) is 7.04. The van der Waals surface area contributed by atoms with Gasteiger partial charge in [-0.1, -0.05) is 16.8 Å². The molecule has 0 aliphatic rings. The van der Waals surface area contributed by atoms with Crippen LogP contribution in [0.25, 0.3) is 0 Å². The third kappa shape index (κ3) is 2.05. The summed E-state index contributed by atoms with van der Waals surface area (Å²) in [5, 5.41) is 3.48. The molecule has 0 saturated carbocycles. The lowest BCUT2D eigenvalue weighted by atomic mass is 10.1. The lowest BCUT2D eigenvalue weighted by Crippen LogP contribution is -1.89. The number of oxime groups is 1. The van der Waals surface area contributed by atoms with Crippen molar-refractivity contribution >= 4 is 6.21 Å². The average Bonchev–Trinajstić information content (AvgIpc) is 2.07. The number of benzene rings is 1. The summed E-state index contributed by atoms with van der Waals surface area (Å²) in [6.07, 6.45) is 1.35. The van der Waals surface area contributed by atoms with Crippen LogP contribution in [0, 0.1) is 12.7 Å². The van der Waals surface area contributed by atoms with Gasteiger partial charge in [0.2, 0.25) is 0 Å². The molecule has 3 heteroatoms. The molecule has 0 heterocycles. The predicted molar refractivity (Wildman–Crippen MR) is 45.7 cm³/mol. The first-order valence-corrected chi connectivity index (χ1v) is 3.56. The molecule has 0 aliphatic carbocycles. The van der Waals surface area contributed by atoms with Crippen LogP contribution in [0.15, 0.2) is 23.4 Å². The first-order valence-electron chi connectivity index (χ1n) is 3.56. The van der Waals surface area contributed by atoms with E-state index in [9.17, 15) is 4.39 Å². The average molecular weight is 167 g/mol. The second kappa shape index (κ2) is 3.85. The number of aryl methyl sites for hydroxylation is 1. The standard InChI is InChI=1S/C9H10FNO/c1-7-3-4-9(10)8(5-7)6-11-12-2/h3-6H,1-2H3/b11-6+. The number of rotatable bonds is 2. The van der Waals surface area contributed by atoms with Crippen molar-refractivity contribution in [1.29, 1.82) is 0 Å². The maximum Gasteiger partial charge on any atom is 0.132 e. The normalized spacial score (nSPS) is 10.6. The van der Waals surface area contributed by atoms with Crippen LogP contribution in [0.1, 0.15) is 11.1 Å². The zero-order chi connectivity index (χ0) is 8.97. The topological polar surface area (TPSA) is 21.6 Å². The molecule has 64 valence electrons. The van der Waals surface area contributed by atoms with Crippen molar-refractivity contribution in [3.05, 3.63) is 35.1 Å². The molecule has 0 unspecified atom stereocenters. The SMILES string of the molecule is CO/N=C/c1cc(C)ccc1F. The van der Waals surface area contributed by atoms with Gasteiger partial charge in [-0.3, -0.25) is 0 Å². The van der Waals surface area contributed by atoms with Gasteiger partial charge in [-0.15, -0.1) is 0 Å². The van der Waals surface area contributed by atoms with E-state index in [2.05, 4.69) is 9.99 Å². The van der Waals surface area contributed by atoms with Gasteiger partial charge >= 0.3 is 0 Å². The highest BCUT2D eigenvalue weighted by Gasteiger charge is 1.97. The summed E-state index contributed by atoms with van der Waals surface area (Å²) in [7, 11) is 1.42. The Morgan fingerprint density at radius 2 is 2.25 bits per heavy atom. The fraction of sp³-hybridized carbons (Fsp3) is 0.222. The van der Waals surface area contributed by atoms with Gasteiger partial charge in [-0.05, 0) is 19.1 Å². The molecule has 1 aromatic carbocycles. The molecule has 0 fully saturated rings. The molecule has 0 N–H and O–H groups in total. The lowest BCUT2D eigenvalue weighted by molar-refractivity contribution is 0.215. The van der Waals surface area contributed by atoms with Crippen LogP contribution in [-0.4, -0.2) is 13.3 Å². The Labute approximate surface area is 70.7 Å². The van der Waals surface area contributed by atoms with Gasteiger partial charge in [-0.2, -0.15) is 0 Å². The van der Waals surface area contributed by atoms with Crippen molar-refractivity contribution in [2.75, 3.05) is 7.11 Å². The third-order valence-electron chi connectivity index (χ3n) is 1.45. The van der Waals surface area contributed by atoms with Crippen LogP contribution in [0.3, 0.4) is 0 Å². The van der Waals surface area contributed by atoms with E-state index in [1.807, 2.05) is 6.92 Å². The molecule has 0 spiro atoms. The molecule has 0 aliphatic heterocycles. The quantitative estimate of drug-likeness (QED) is 0.488. The minimum Gasteiger partial charge on any atom is -0.399 e. The lowest BCUT2D eigenvalue weighted by Gasteiger charge is -1.96. The molecule has 0 aromatic heterocycles. The van der Waals surface area contributed by atoms with Crippen LogP contribution in [0.4, 0.5) is 4.39 Å². The van der Waals surface area contributed by atoms with E-state index in [1.165, 1.54) is 19.4 Å². The maximum absolute atomic E-state index is 12.9. The highest BCUT2D eigenvalue weighted by atomic mass is 19.1. The summed E-state index contributed by atoms with van der Waals surface area (Å²) in [5.74, 6) is -0.290. The van der Waals surface area contributed by atoms with Crippen LogP contribution in [-0.2, 0) is 4.84 Å². The first kappa shape index (κ1) is 8.71. The fourth-order valence-corrected chi connectivity index (χ4v) is 0.872. The van der Waals surface area contributed by atoms with Gasteiger partial charge in [0, 0.05) is 5.56 Å². The Morgan fingerprint density at radius 3 is 2.92 bits per heavy atom. The molecule has 1 rings (SSSR count). The molecule has 1 aromatic rings. The Balaban J connectivity index is 2.97. The summed E-state index contributed by atoms with van der Waals surface area (Å²) in [6.45, 7) is 1.89. The van der Waals surface area contributed by atoms with Gasteiger partial charge in [0.25, 0.3) is 0 Å². The summed E-state index contributed by atoms with van der Waals surface area (Å²) < 4.78 is 12.9. The van der Waals surface area contributed by atoms with Crippen LogP contribution < -0.4 is 0 Å². The number of hydrogen-bond acceptors (Lipinski definition) is 2. The molecule has 0 radical (unpaired) electrons. The molecule has 0 atom stereocenters. The van der Waals surface area contributed by atoms with E-state index in [0.717, 1.165) is 5.56 Å². The number of hydrogen-bond donors (Lipinski definition) is 0. The summed E-state index contributed by atoms with van der Waals surface area (Å²) in [4.78, 5) is 4.44.